The Morgan fingerprint density at radius 3 is 2.65 bits per heavy atom. The Balaban J connectivity index is 1.63. The van der Waals surface area contributed by atoms with Gasteiger partial charge in [-0.2, -0.15) is 0 Å². The normalized spacial score (nSPS) is 22.2. The van der Waals surface area contributed by atoms with Gasteiger partial charge in [-0.05, 0) is 24.2 Å². The van der Waals surface area contributed by atoms with Gasteiger partial charge >= 0.3 is 5.00 Å². The van der Waals surface area contributed by atoms with Gasteiger partial charge in [0.1, 0.15) is 6.20 Å². The highest BCUT2D eigenvalue weighted by Gasteiger charge is 2.41. The molecule has 110 valence electrons. The standard InChI is InChI=1S/C12H17N3O4S/c1-14(11-13-8-10(20-11)15(16)17)9-2-4-12(5-3-9)18-6-7-19-12/h8-9H,2-7H2,1H3. The van der Waals surface area contributed by atoms with E-state index in [4.69, 9.17) is 9.47 Å². The topological polar surface area (TPSA) is 77.7 Å². The summed E-state index contributed by atoms with van der Waals surface area (Å²) in [6.45, 7) is 1.36. The summed E-state index contributed by atoms with van der Waals surface area (Å²) < 4.78 is 11.4. The predicted molar refractivity (Wildman–Crippen MR) is 74.1 cm³/mol. The summed E-state index contributed by atoms with van der Waals surface area (Å²) in [5.74, 6) is -0.369. The fourth-order valence-electron chi connectivity index (χ4n) is 2.88. The number of anilines is 1. The molecular weight excluding hydrogens is 282 g/mol. The molecule has 0 unspecified atom stereocenters. The molecule has 3 rings (SSSR count). The van der Waals surface area contributed by atoms with Gasteiger partial charge in [0.05, 0.1) is 18.1 Å². The van der Waals surface area contributed by atoms with Crippen molar-refractivity contribution in [3.63, 3.8) is 0 Å². The molecular formula is C12H17N3O4S. The fourth-order valence-corrected chi connectivity index (χ4v) is 3.64. The maximum Gasteiger partial charge on any atom is 0.345 e. The molecule has 1 aliphatic heterocycles. The lowest BCUT2D eigenvalue weighted by Gasteiger charge is -2.38. The molecule has 0 N–H and O–H groups in total. The number of thiazole rings is 1. The zero-order valence-corrected chi connectivity index (χ0v) is 12.1. The minimum absolute atomic E-state index is 0.0848. The maximum atomic E-state index is 10.7. The highest BCUT2D eigenvalue weighted by molar-refractivity contribution is 7.18. The second-order valence-electron chi connectivity index (χ2n) is 5.19. The molecule has 0 atom stereocenters. The van der Waals surface area contributed by atoms with Crippen LogP contribution in [0.4, 0.5) is 10.1 Å². The second-order valence-corrected chi connectivity index (χ2v) is 6.18. The molecule has 0 amide bonds. The number of hydrogen-bond donors (Lipinski definition) is 0. The van der Waals surface area contributed by atoms with E-state index in [1.807, 2.05) is 11.9 Å². The smallest absolute Gasteiger partial charge is 0.345 e. The van der Waals surface area contributed by atoms with E-state index in [0.717, 1.165) is 37.0 Å². The lowest BCUT2D eigenvalue weighted by atomic mass is 9.89. The molecule has 1 aliphatic carbocycles. The van der Waals surface area contributed by atoms with Crippen LogP contribution in [-0.2, 0) is 9.47 Å². The van der Waals surface area contributed by atoms with Crippen molar-refractivity contribution in [3.05, 3.63) is 16.3 Å². The molecule has 8 heteroatoms. The first kappa shape index (κ1) is 13.7. The van der Waals surface area contributed by atoms with Crippen LogP contribution < -0.4 is 4.90 Å². The Bertz CT molecular complexity index is 491. The van der Waals surface area contributed by atoms with E-state index in [9.17, 15) is 10.1 Å². The summed E-state index contributed by atoms with van der Waals surface area (Å²) in [6.07, 6.45) is 4.96. The highest BCUT2D eigenvalue weighted by atomic mass is 32.1. The molecule has 0 aromatic carbocycles. The molecule has 2 heterocycles. The Morgan fingerprint density at radius 1 is 1.45 bits per heavy atom. The predicted octanol–water partition coefficient (Wildman–Crippen LogP) is 2.17. The number of nitro groups is 1. The monoisotopic (exact) mass is 299 g/mol. The largest absolute Gasteiger partial charge is 0.348 e. The van der Waals surface area contributed by atoms with Gasteiger partial charge in [-0.3, -0.25) is 10.1 Å². The van der Waals surface area contributed by atoms with Gasteiger partial charge in [-0.15, -0.1) is 0 Å². The van der Waals surface area contributed by atoms with E-state index in [-0.39, 0.29) is 10.8 Å². The molecule has 1 aromatic rings. The fraction of sp³-hybridized carbons (Fsp3) is 0.750. The third-order valence-electron chi connectivity index (χ3n) is 4.04. The molecule has 20 heavy (non-hydrogen) atoms. The molecule has 1 saturated heterocycles. The van der Waals surface area contributed by atoms with Gasteiger partial charge in [0.25, 0.3) is 0 Å². The van der Waals surface area contributed by atoms with Crippen LogP contribution >= 0.6 is 11.3 Å². The average molecular weight is 299 g/mol. The Kier molecular flexibility index (Phi) is 3.61. The van der Waals surface area contributed by atoms with E-state index in [0.29, 0.717) is 24.4 Å². The summed E-state index contributed by atoms with van der Waals surface area (Å²) in [5.41, 5.74) is 0. The number of aromatic nitrogens is 1. The van der Waals surface area contributed by atoms with Crippen LogP contribution in [0.1, 0.15) is 25.7 Å². The van der Waals surface area contributed by atoms with E-state index in [1.54, 1.807) is 0 Å². The van der Waals surface area contributed by atoms with Crippen molar-refractivity contribution in [2.45, 2.75) is 37.5 Å². The van der Waals surface area contributed by atoms with Crippen LogP contribution in [0.15, 0.2) is 6.20 Å². The summed E-state index contributed by atoms with van der Waals surface area (Å²) >= 11 is 1.12. The number of rotatable bonds is 3. The zero-order valence-electron chi connectivity index (χ0n) is 11.3. The van der Waals surface area contributed by atoms with Crippen molar-refractivity contribution in [1.82, 2.24) is 4.98 Å². The SMILES string of the molecule is CN(c1ncc([N+](=O)[O-])s1)C1CCC2(CC1)OCCO2. The zero-order chi connectivity index (χ0) is 14.2. The maximum absolute atomic E-state index is 10.7. The molecule has 1 spiro atoms. The minimum Gasteiger partial charge on any atom is -0.348 e. The lowest BCUT2D eigenvalue weighted by molar-refractivity contribution is -0.380. The van der Waals surface area contributed by atoms with Crippen molar-refractivity contribution in [1.29, 1.82) is 0 Å². The van der Waals surface area contributed by atoms with Gasteiger partial charge in [-0.25, -0.2) is 4.98 Å². The molecule has 0 bridgehead atoms. The quantitative estimate of drug-likeness (QED) is 0.629. The Morgan fingerprint density at radius 2 is 2.10 bits per heavy atom. The van der Waals surface area contributed by atoms with Crippen molar-refractivity contribution >= 4 is 21.5 Å². The van der Waals surface area contributed by atoms with E-state index in [1.165, 1.54) is 6.20 Å². The molecule has 1 saturated carbocycles. The van der Waals surface area contributed by atoms with Crippen LogP contribution in [0.5, 0.6) is 0 Å². The van der Waals surface area contributed by atoms with Crippen molar-refractivity contribution in [2.75, 3.05) is 25.2 Å². The van der Waals surface area contributed by atoms with Gasteiger partial charge in [-0.1, -0.05) is 0 Å². The lowest BCUT2D eigenvalue weighted by Crippen LogP contribution is -2.42. The third-order valence-corrected chi connectivity index (χ3v) is 5.08. The van der Waals surface area contributed by atoms with Crippen LogP contribution in [-0.4, -0.2) is 42.0 Å². The third kappa shape index (κ3) is 2.50. The Hall–Kier alpha value is -1.25. The van der Waals surface area contributed by atoms with Gasteiger partial charge in [0.2, 0.25) is 0 Å². The summed E-state index contributed by atoms with van der Waals surface area (Å²) in [7, 11) is 1.95. The first-order valence-electron chi connectivity index (χ1n) is 6.71. The van der Waals surface area contributed by atoms with Crippen molar-refractivity contribution in [2.24, 2.45) is 0 Å². The molecule has 0 radical (unpaired) electrons. The van der Waals surface area contributed by atoms with Gasteiger partial charge < -0.3 is 14.4 Å². The van der Waals surface area contributed by atoms with Crippen LogP contribution in [0, 0.1) is 10.1 Å². The Labute approximate surface area is 120 Å². The van der Waals surface area contributed by atoms with E-state index < -0.39 is 4.92 Å². The molecule has 2 aliphatic rings. The van der Waals surface area contributed by atoms with E-state index >= 15 is 0 Å². The van der Waals surface area contributed by atoms with Gasteiger partial charge in [0.15, 0.2) is 10.9 Å². The second kappa shape index (κ2) is 5.27. The van der Waals surface area contributed by atoms with Crippen molar-refractivity contribution < 1.29 is 14.4 Å². The summed E-state index contributed by atoms with van der Waals surface area (Å²) in [4.78, 5) is 16.5. The average Bonchev–Trinajstić information content (AvgIpc) is 3.08. The first-order valence-corrected chi connectivity index (χ1v) is 7.52. The number of hydrogen-bond acceptors (Lipinski definition) is 7. The molecule has 2 fully saturated rings. The van der Waals surface area contributed by atoms with Crippen LogP contribution in [0.25, 0.3) is 0 Å². The number of ether oxygens (including phenoxy) is 2. The highest BCUT2D eigenvalue weighted by Crippen LogP contribution is 2.39. The van der Waals surface area contributed by atoms with E-state index in [2.05, 4.69) is 4.98 Å². The van der Waals surface area contributed by atoms with Gasteiger partial charge in [0, 0.05) is 25.9 Å². The van der Waals surface area contributed by atoms with Crippen molar-refractivity contribution in [3.8, 4) is 0 Å². The summed E-state index contributed by atoms with van der Waals surface area (Å²) in [5, 5.41) is 11.5. The minimum atomic E-state index is -0.398. The number of nitrogens with zero attached hydrogens (tertiary/aromatic N) is 3. The molecule has 1 aromatic heterocycles. The molecule has 7 nitrogen and oxygen atoms in total. The summed E-state index contributed by atoms with van der Waals surface area (Å²) in [6, 6.07) is 0.333. The first-order chi connectivity index (χ1) is 9.60. The van der Waals surface area contributed by atoms with Crippen LogP contribution in [0.3, 0.4) is 0 Å². The van der Waals surface area contributed by atoms with Crippen LogP contribution in [0.2, 0.25) is 0 Å².